The maximum absolute atomic E-state index is 11.5. The number of hydrogen-bond donors (Lipinski definition) is 0. The molecule has 0 saturated carbocycles. The third kappa shape index (κ3) is 1.14. The second-order valence-electron chi connectivity index (χ2n) is 2.54. The molecule has 0 aliphatic rings. The first kappa shape index (κ1) is 7.72. The number of rotatable bonds is 2. The molecule has 2 aromatic rings. The van der Waals surface area contributed by atoms with Crippen molar-refractivity contribution in [2.75, 3.05) is 0 Å². The van der Waals surface area contributed by atoms with Crippen LogP contribution in [0.1, 0.15) is 0 Å². The number of carbonyl (C=O) groups excluding carboxylic acids is 1. The smallest absolute Gasteiger partial charge is 0.263 e. The van der Waals surface area contributed by atoms with Crippen LogP contribution in [0.2, 0.25) is 0 Å². The lowest BCUT2D eigenvalue weighted by Crippen LogP contribution is -2.19. The first-order valence-electron chi connectivity index (χ1n) is 3.70. The molecule has 0 unspecified atom stereocenters. The van der Waals surface area contributed by atoms with Gasteiger partial charge in [-0.2, -0.15) is 0 Å². The summed E-state index contributed by atoms with van der Waals surface area (Å²) in [5.74, 6) is 0. The van der Waals surface area contributed by atoms with Gasteiger partial charge in [-0.3, -0.25) is 4.79 Å². The predicted molar refractivity (Wildman–Crippen MR) is 44.3 cm³/mol. The van der Waals surface area contributed by atoms with Crippen molar-refractivity contribution < 1.29 is 9.32 Å². The molecule has 13 heavy (non-hydrogen) atoms. The number of aromatic nitrogens is 2. The fourth-order valence-electron chi connectivity index (χ4n) is 1.13. The van der Waals surface area contributed by atoms with Crippen LogP contribution in [0.4, 0.5) is 0 Å². The SMILES string of the molecule is O=CCn1ccc2oncc2c1=O. The van der Waals surface area contributed by atoms with E-state index in [1.807, 2.05) is 0 Å². The van der Waals surface area contributed by atoms with E-state index in [1.54, 1.807) is 6.07 Å². The lowest BCUT2D eigenvalue weighted by molar-refractivity contribution is -0.108. The number of hydrogen-bond acceptors (Lipinski definition) is 4. The Hall–Kier alpha value is -1.91. The third-order valence-electron chi connectivity index (χ3n) is 1.77. The molecule has 0 aliphatic heterocycles. The lowest BCUT2D eigenvalue weighted by atomic mass is 10.3. The van der Waals surface area contributed by atoms with Gasteiger partial charge in [-0.25, -0.2) is 0 Å². The number of fused-ring (bicyclic) bond motifs is 1. The van der Waals surface area contributed by atoms with Crippen LogP contribution >= 0.6 is 0 Å². The number of aldehydes is 1. The van der Waals surface area contributed by atoms with Gasteiger partial charge in [0.1, 0.15) is 11.7 Å². The Kier molecular flexibility index (Phi) is 1.70. The summed E-state index contributed by atoms with van der Waals surface area (Å²) in [5, 5.41) is 3.88. The molecule has 0 bridgehead atoms. The van der Waals surface area contributed by atoms with E-state index in [0.717, 1.165) is 0 Å². The Bertz CT molecular complexity index is 497. The van der Waals surface area contributed by atoms with E-state index in [1.165, 1.54) is 17.0 Å². The molecule has 0 N–H and O–H groups in total. The van der Waals surface area contributed by atoms with Crippen molar-refractivity contribution in [1.82, 2.24) is 9.72 Å². The van der Waals surface area contributed by atoms with Crippen molar-refractivity contribution >= 4 is 17.3 Å². The van der Waals surface area contributed by atoms with Gasteiger partial charge in [-0.1, -0.05) is 5.16 Å². The summed E-state index contributed by atoms with van der Waals surface area (Å²) in [6, 6.07) is 1.60. The monoisotopic (exact) mass is 178 g/mol. The molecule has 66 valence electrons. The fourth-order valence-corrected chi connectivity index (χ4v) is 1.13. The minimum Gasteiger partial charge on any atom is -0.356 e. The summed E-state index contributed by atoms with van der Waals surface area (Å²) < 4.78 is 6.08. The maximum Gasteiger partial charge on any atom is 0.263 e. The number of nitrogens with zero attached hydrogens (tertiary/aromatic N) is 2. The highest BCUT2D eigenvalue weighted by Gasteiger charge is 2.04. The molecule has 2 heterocycles. The van der Waals surface area contributed by atoms with Gasteiger partial charge < -0.3 is 13.9 Å². The highest BCUT2D eigenvalue weighted by atomic mass is 16.5. The van der Waals surface area contributed by atoms with Gasteiger partial charge in [0.2, 0.25) is 0 Å². The van der Waals surface area contributed by atoms with Crippen molar-refractivity contribution in [2.45, 2.75) is 6.54 Å². The van der Waals surface area contributed by atoms with Gasteiger partial charge >= 0.3 is 0 Å². The van der Waals surface area contributed by atoms with Crippen molar-refractivity contribution in [2.24, 2.45) is 0 Å². The van der Waals surface area contributed by atoms with Crippen molar-refractivity contribution in [3.05, 3.63) is 28.8 Å². The van der Waals surface area contributed by atoms with Crippen molar-refractivity contribution in [1.29, 1.82) is 0 Å². The largest absolute Gasteiger partial charge is 0.356 e. The summed E-state index contributed by atoms with van der Waals surface area (Å²) >= 11 is 0. The van der Waals surface area contributed by atoms with Crippen LogP contribution < -0.4 is 5.56 Å². The van der Waals surface area contributed by atoms with E-state index in [4.69, 9.17) is 4.52 Å². The van der Waals surface area contributed by atoms with Crippen LogP contribution in [0.25, 0.3) is 11.0 Å². The maximum atomic E-state index is 11.5. The van der Waals surface area contributed by atoms with E-state index >= 15 is 0 Å². The summed E-state index contributed by atoms with van der Waals surface area (Å²) in [6.45, 7) is 0.0555. The zero-order valence-corrected chi connectivity index (χ0v) is 6.64. The van der Waals surface area contributed by atoms with Crippen LogP contribution in [0.3, 0.4) is 0 Å². The minimum atomic E-state index is -0.258. The van der Waals surface area contributed by atoms with Gasteiger partial charge in [-0.05, 0) is 0 Å². The Morgan fingerprint density at radius 1 is 1.62 bits per heavy atom. The van der Waals surface area contributed by atoms with Crippen LogP contribution in [0.5, 0.6) is 0 Å². The summed E-state index contributed by atoms with van der Waals surface area (Å²) in [7, 11) is 0. The zero-order valence-electron chi connectivity index (χ0n) is 6.64. The second-order valence-corrected chi connectivity index (χ2v) is 2.54. The molecule has 0 aliphatic carbocycles. The summed E-state index contributed by atoms with van der Waals surface area (Å²) in [4.78, 5) is 21.7. The summed E-state index contributed by atoms with van der Waals surface area (Å²) in [5.41, 5.74) is 0.179. The van der Waals surface area contributed by atoms with Gasteiger partial charge in [0, 0.05) is 12.3 Å². The van der Waals surface area contributed by atoms with Gasteiger partial charge in [0.15, 0.2) is 5.58 Å². The van der Waals surface area contributed by atoms with Crippen molar-refractivity contribution in [3.8, 4) is 0 Å². The quantitative estimate of drug-likeness (QED) is 0.615. The topological polar surface area (TPSA) is 65.1 Å². The Labute approximate surface area is 72.6 Å². The Morgan fingerprint density at radius 3 is 3.23 bits per heavy atom. The molecule has 2 aromatic heterocycles. The number of carbonyl (C=O) groups is 1. The average molecular weight is 178 g/mol. The fraction of sp³-hybridized carbons (Fsp3) is 0.125. The molecule has 5 heteroatoms. The predicted octanol–water partition coefficient (Wildman–Crippen LogP) is 0.188. The standard InChI is InChI=1S/C8H6N2O3/c11-4-3-10-2-1-7-6(8(10)12)5-9-13-7/h1-2,4-5H,3H2. The van der Waals surface area contributed by atoms with Crippen LogP contribution in [-0.2, 0) is 11.3 Å². The van der Waals surface area contributed by atoms with Crippen LogP contribution in [-0.4, -0.2) is 16.0 Å². The zero-order chi connectivity index (χ0) is 9.26. The number of pyridine rings is 1. The molecule has 0 fully saturated rings. The molecule has 0 spiro atoms. The molecule has 5 nitrogen and oxygen atoms in total. The highest BCUT2D eigenvalue weighted by molar-refractivity contribution is 5.74. The van der Waals surface area contributed by atoms with E-state index < -0.39 is 0 Å². The molecular weight excluding hydrogens is 172 g/mol. The average Bonchev–Trinajstić information content (AvgIpc) is 2.58. The molecule has 0 saturated heterocycles. The van der Waals surface area contributed by atoms with E-state index in [-0.39, 0.29) is 12.1 Å². The molecule has 0 radical (unpaired) electrons. The second kappa shape index (κ2) is 2.85. The molecule has 0 atom stereocenters. The lowest BCUT2D eigenvalue weighted by Gasteiger charge is -1.97. The highest BCUT2D eigenvalue weighted by Crippen LogP contribution is 2.06. The van der Waals surface area contributed by atoms with E-state index in [0.29, 0.717) is 17.3 Å². The third-order valence-corrected chi connectivity index (χ3v) is 1.77. The molecule has 2 rings (SSSR count). The molecule has 0 amide bonds. The Morgan fingerprint density at radius 2 is 2.46 bits per heavy atom. The molecular formula is C8H6N2O3. The van der Waals surface area contributed by atoms with E-state index in [9.17, 15) is 9.59 Å². The summed E-state index contributed by atoms with van der Waals surface area (Å²) in [6.07, 6.45) is 3.52. The van der Waals surface area contributed by atoms with Crippen LogP contribution in [0.15, 0.2) is 27.8 Å². The van der Waals surface area contributed by atoms with Crippen molar-refractivity contribution in [3.63, 3.8) is 0 Å². The molecule has 0 aromatic carbocycles. The first-order valence-corrected chi connectivity index (χ1v) is 3.70. The minimum absolute atomic E-state index is 0.0555. The Balaban J connectivity index is 2.73. The van der Waals surface area contributed by atoms with Gasteiger partial charge in [0.05, 0.1) is 12.7 Å². The normalized spacial score (nSPS) is 10.5. The van der Waals surface area contributed by atoms with Crippen LogP contribution in [0, 0.1) is 0 Å². The van der Waals surface area contributed by atoms with Gasteiger partial charge in [0.25, 0.3) is 5.56 Å². The van der Waals surface area contributed by atoms with Gasteiger partial charge in [-0.15, -0.1) is 0 Å². The van der Waals surface area contributed by atoms with E-state index in [2.05, 4.69) is 5.16 Å². The first-order chi connectivity index (χ1) is 6.33.